The van der Waals surface area contributed by atoms with E-state index in [4.69, 9.17) is 9.47 Å². The lowest BCUT2D eigenvalue weighted by molar-refractivity contribution is -0.158. The van der Waals surface area contributed by atoms with Crippen LogP contribution >= 0.6 is 11.8 Å². The van der Waals surface area contributed by atoms with Crippen LogP contribution in [0.5, 0.6) is 0 Å². The number of thioether (sulfide) groups is 1. The van der Waals surface area contributed by atoms with Crippen molar-refractivity contribution in [3.05, 3.63) is 0 Å². The highest BCUT2D eigenvalue weighted by Gasteiger charge is 2.13. The van der Waals surface area contributed by atoms with Crippen molar-refractivity contribution in [2.45, 2.75) is 44.6 Å². The average Bonchev–Trinajstić information content (AvgIpc) is 2.14. The minimum atomic E-state index is 0.0847. The van der Waals surface area contributed by atoms with Gasteiger partial charge in [-0.3, -0.25) is 0 Å². The van der Waals surface area contributed by atoms with Crippen LogP contribution in [0.1, 0.15) is 33.1 Å². The first-order valence-corrected chi connectivity index (χ1v) is 6.18. The second kappa shape index (κ2) is 6.68. The zero-order valence-electron chi connectivity index (χ0n) is 8.62. The molecule has 1 unspecified atom stereocenters. The minimum absolute atomic E-state index is 0.0847. The highest BCUT2D eigenvalue weighted by Crippen LogP contribution is 2.15. The van der Waals surface area contributed by atoms with Crippen molar-refractivity contribution < 1.29 is 9.47 Å². The summed E-state index contributed by atoms with van der Waals surface area (Å²) in [4.78, 5) is 0. The molecule has 0 spiro atoms. The fourth-order valence-corrected chi connectivity index (χ4v) is 1.97. The van der Waals surface area contributed by atoms with Crippen molar-refractivity contribution in [3.8, 4) is 0 Å². The summed E-state index contributed by atoms with van der Waals surface area (Å²) in [7, 11) is 0. The molecule has 1 fully saturated rings. The molecule has 1 rings (SSSR count). The van der Waals surface area contributed by atoms with Gasteiger partial charge in [0.2, 0.25) is 0 Å². The number of ether oxygens (including phenoxy) is 2. The Morgan fingerprint density at radius 2 is 2.31 bits per heavy atom. The summed E-state index contributed by atoms with van der Waals surface area (Å²) in [5.74, 6) is 1.08. The summed E-state index contributed by atoms with van der Waals surface area (Å²) in [5, 5.41) is 0.705. The normalized spacial score (nSPS) is 23.8. The fourth-order valence-electron chi connectivity index (χ4n) is 1.31. The lowest BCUT2D eigenvalue weighted by Crippen LogP contribution is -2.23. The molecule has 1 saturated heterocycles. The van der Waals surface area contributed by atoms with Crippen LogP contribution < -0.4 is 0 Å². The van der Waals surface area contributed by atoms with Crippen molar-refractivity contribution in [3.63, 3.8) is 0 Å². The van der Waals surface area contributed by atoms with Crippen LogP contribution in [-0.4, -0.2) is 30.5 Å². The Bertz CT molecular complexity index is 122. The van der Waals surface area contributed by atoms with Gasteiger partial charge in [-0.2, -0.15) is 11.8 Å². The zero-order chi connectivity index (χ0) is 9.52. The zero-order valence-corrected chi connectivity index (χ0v) is 9.44. The van der Waals surface area contributed by atoms with Crippen LogP contribution in [0.4, 0.5) is 0 Å². The maximum Gasteiger partial charge on any atom is 0.157 e. The van der Waals surface area contributed by atoms with Crippen LogP contribution in [0.15, 0.2) is 0 Å². The van der Waals surface area contributed by atoms with E-state index in [1.54, 1.807) is 0 Å². The van der Waals surface area contributed by atoms with Gasteiger partial charge in [0.05, 0.1) is 6.61 Å². The fraction of sp³-hybridized carbons (Fsp3) is 1.00. The average molecular weight is 204 g/mol. The predicted octanol–water partition coefficient (Wildman–Crippen LogP) is 2.67. The van der Waals surface area contributed by atoms with E-state index in [0.717, 1.165) is 25.4 Å². The molecule has 0 radical (unpaired) electrons. The second-order valence-corrected chi connectivity index (χ2v) is 5.27. The molecule has 1 heterocycles. The highest BCUT2D eigenvalue weighted by atomic mass is 32.2. The standard InChI is InChI=1S/C10H20O2S/c1-9(2)13-8-7-12-10-5-3-4-6-11-10/h9-10H,3-8H2,1-2H3. The topological polar surface area (TPSA) is 18.5 Å². The Morgan fingerprint density at radius 1 is 1.46 bits per heavy atom. The first-order valence-electron chi connectivity index (χ1n) is 5.14. The molecule has 0 bridgehead atoms. The maximum atomic E-state index is 5.59. The number of rotatable bonds is 5. The van der Waals surface area contributed by atoms with E-state index < -0.39 is 0 Å². The predicted molar refractivity (Wildman–Crippen MR) is 57.1 cm³/mol. The molecule has 0 aliphatic carbocycles. The van der Waals surface area contributed by atoms with Crippen molar-refractivity contribution >= 4 is 11.8 Å². The Labute approximate surface area is 85.4 Å². The van der Waals surface area contributed by atoms with Crippen LogP contribution in [0.3, 0.4) is 0 Å². The van der Waals surface area contributed by atoms with Gasteiger partial charge in [-0.15, -0.1) is 0 Å². The third kappa shape index (κ3) is 5.55. The van der Waals surface area contributed by atoms with Gasteiger partial charge in [0.1, 0.15) is 0 Å². The lowest BCUT2D eigenvalue weighted by Gasteiger charge is -2.22. The summed E-state index contributed by atoms with van der Waals surface area (Å²) in [6.45, 7) is 6.12. The Morgan fingerprint density at radius 3 is 2.92 bits per heavy atom. The molecule has 0 saturated carbocycles. The SMILES string of the molecule is CC(C)SCCOC1CCCCO1. The van der Waals surface area contributed by atoms with E-state index in [1.807, 2.05) is 11.8 Å². The van der Waals surface area contributed by atoms with Crippen molar-refractivity contribution in [1.29, 1.82) is 0 Å². The van der Waals surface area contributed by atoms with Gasteiger partial charge in [0.15, 0.2) is 6.29 Å². The summed E-state index contributed by atoms with van der Waals surface area (Å²) < 4.78 is 11.0. The molecular weight excluding hydrogens is 184 g/mol. The molecule has 3 heteroatoms. The van der Waals surface area contributed by atoms with Gasteiger partial charge >= 0.3 is 0 Å². The van der Waals surface area contributed by atoms with E-state index in [1.165, 1.54) is 12.8 Å². The van der Waals surface area contributed by atoms with Crippen LogP contribution in [0.2, 0.25) is 0 Å². The molecule has 0 amide bonds. The minimum Gasteiger partial charge on any atom is -0.353 e. The van der Waals surface area contributed by atoms with Crippen LogP contribution in [-0.2, 0) is 9.47 Å². The number of hydrogen-bond donors (Lipinski definition) is 0. The molecule has 1 aliphatic heterocycles. The molecule has 1 atom stereocenters. The van der Waals surface area contributed by atoms with Crippen LogP contribution in [0, 0.1) is 0 Å². The third-order valence-corrected chi connectivity index (χ3v) is 3.05. The lowest BCUT2D eigenvalue weighted by atomic mass is 10.2. The van der Waals surface area contributed by atoms with E-state index >= 15 is 0 Å². The van der Waals surface area contributed by atoms with E-state index in [0.29, 0.717) is 5.25 Å². The van der Waals surface area contributed by atoms with Crippen LogP contribution in [0.25, 0.3) is 0 Å². The quantitative estimate of drug-likeness (QED) is 0.641. The Kier molecular flexibility index (Phi) is 5.83. The molecule has 1 aliphatic rings. The van der Waals surface area contributed by atoms with Crippen molar-refractivity contribution in [1.82, 2.24) is 0 Å². The second-order valence-electron chi connectivity index (χ2n) is 3.59. The van der Waals surface area contributed by atoms with Gasteiger partial charge in [0.25, 0.3) is 0 Å². The van der Waals surface area contributed by atoms with Crippen molar-refractivity contribution in [2.24, 2.45) is 0 Å². The van der Waals surface area contributed by atoms with Gasteiger partial charge in [-0.25, -0.2) is 0 Å². The summed E-state index contributed by atoms with van der Waals surface area (Å²) >= 11 is 1.94. The van der Waals surface area contributed by atoms with Crippen molar-refractivity contribution in [2.75, 3.05) is 19.0 Å². The summed E-state index contributed by atoms with van der Waals surface area (Å²) in [6.07, 6.45) is 3.61. The van der Waals surface area contributed by atoms with Gasteiger partial charge in [-0.05, 0) is 24.5 Å². The molecule has 0 aromatic heterocycles. The van der Waals surface area contributed by atoms with Gasteiger partial charge < -0.3 is 9.47 Å². The van der Waals surface area contributed by atoms with E-state index in [9.17, 15) is 0 Å². The molecule has 13 heavy (non-hydrogen) atoms. The monoisotopic (exact) mass is 204 g/mol. The summed E-state index contributed by atoms with van der Waals surface area (Å²) in [6, 6.07) is 0. The molecular formula is C10H20O2S. The van der Waals surface area contributed by atoms with Gasteiger partial charge in [0, 0.05) is 12.4 Å². The van der Waals surface area contributed by atoms with E-state index in [2.05, 4.69) is 13.8 Å². The molecule has 0 N–H and O–H groups in total. The Balaban J connectivity index is 1.92. The van der Waals surface area contributed by atoms with Gasteiger partial charge in [-0.1, -0.05) is 13.8 Å². The molecule has 2 nitrogen and oxygen atoms in total. The van der Waals surface area contributed by atoms with E-state index in [-0.39, 0.29) is 6.29 Å². The first-order chi connectivity index (χ1) is 6.29. The smallest absolute Gasteiger partial charge is 0.157 e. The molecule has 78 valence electrons. The Hall–Kier alpha value is 0.270. The first kappa shape index (κ1) is 11.3. The summed E-state index contributed by atoms with van der Waals surface area (Å²) in [5.41, 5.74) is 0. The molecule has 0 aromatic carbocycles. The molecule has 0 aromatic rings. The third-order valence-electron chi connectivity index (χ3n) is 1.98. The largest absolute Gasteiger partial charge is 0.353 e. The maximum absolute atomic E-state index is 5.59. The number of hydrogen-bond acceptors (Lipinski definition) is 3. The highest BCUT2D eigenvalue weighted by molar-refractivity contribution is 7.99.